The number of fused-ring (bicyclic) bond motifs is 2. The molecule has 4 unspecified atom stereocenters. The van der Waals surface area contributed by atoms with E-state index >= 15 is 0 Å². The van der Waals surface area contributed by atoms with Crippen LogP contribution in [-0.2, 0) is 4.74 Å². The van der Waals surface area contributed by atoms with Gasteiger partial charge in [0.1, 0.15) is 0 Å². The molecule has 104 valence electrons. The first kappa shape index (κ1) is 12.9. The Hall–Kier alpha value is -0.0800. The summed E-state index contributed by atoms with van der Waals surface area (Å²) in [5, 5.41) is 3.74. The average Bonchev–Trinajstić information content (AvgIpc) is 2.90. The van der Waals surface area contributed by atoms with Gasteiger partial charge in [-0.3, -0.25) is 0 Å². The third-order valence-corrected chi connectivity index (χ3v) is 6.12. The molecular weight excluding hydrogens is 222 g/mol. The lowest BCUT2D eigenvalue weighted by Crippen LogP contribution is -2.57. The van der Waals surface area contributed by atoms with Crippen molar-refractivity contribution in [2.24, 2.45) is 17.8 Å². The predicted molar refractivity (Wildman–Crippen MR) is 74.6 cm³/mol. The molecule has 0 aromatic carbocycles. The van der Waals surface area contributed by atoms with Crippen molar-refractivity contribution >= 4 is 0 Å². The SMILES string of the molecule is CCNC(CC1CC2CCC1C2)C1(OC)CCC1. The van der Waals surface area contributed by atoms with Gasteiger partial charge in [0.25, 0.3) is 0 Å². The summed E-state index contributed by atoms with van der Waals surface area (Å²) in [5.41, 5.74) is 0.178. The van der Waals surface area contributed by atoms with Gasteiger partial charge >= 0.3 is 0 Å². The van der Waals surface area contributed by atoms with E-state index in [0.29, 0.717) is 6.04 Å². The fraction of sp³-hybridized carbons (Fsp3) is 1.00. The van der Waals surface area contributed by atoms with Gasteiger partial charge in [0.15, 0.2) is 0 Å². The molecular formula is C16H29NO. The summed E-state index contributed by atoms with van der Waals surface area (Å²) in [5.74, 6) is 3.10. The van der Waals surface area contributed by atoms with E-state index in [1.165, 1.54) is 51.4 Å². The molecule has 0 amide bonds. The van der Waals surface area contributed by atoms with Crippen molar-refractivity contribution in [2.75, 3.05) is 13.7 Å². The fourth-order valence-electron chi connectivity index (χ4n) is 4.92. The van der Waals surface area contributed by atoms with Crippen LogP contribution in [0.3, 0.4) is 0 Å². The van der Waals surface area contributed by atoms with Crippen LogP contribution >= 0.6 is 0 Å². The molecule has 2 nitrogen and oxygen atoms in total. The highest BCUT2D eigenvalue weighted by molar-refractivity contribution is 5.02. The largest absolute Gasteiger partial charge is 0.377 e. The lowest BCUT2D eigenvalue weighted by Gasteiger charge is -2.48. The molecule has 0 aliphatic heterocycles. The van der Waals surface area contributed by atoms with Crippen LogP contribution in [0.1, 0.15) is 58.3 Å². The molecule has 0 radical (unpaired) electrons. The summed E-state index contributed by atoms with van der Waals surface area (Å²) in [7, 11) is 1.92. The topological polar surface area (TPSA) is 21.3 Å². The second kappa shape index (κ2) is 5.13. The Labute approximate surface area is 112 Å². The molecule has 3 rings (SSSR count). The zero-order valence-corrected chi connectivity index (χ0v) is 12.1. The summed E-state index contributed by atoms with van der Waals surface area (Å²) in [6.45, 7) is 3.31. The molecule has 2 heteroatoms. The highest BCUT2D eigenvalue weighted by Crippen LogP contribution is 2.51. The van der Waals surface area contributed by atoms with E-state index in [1.54, 1.807) is 0 Å². The molecule has 3 aliphatic rings. The Morgan fingerprint density at radius 1 is 1.28 bits per heavy atom. The van der Waals surface area contributed by atoms with Crippen LogP contribution in [0.2, 0.25) is 0 Å². The average molecular weight is 251 g/mol. The summed E-state index contributed by atoms with van der Waals surface area (Å²) in [4.78, 5) is 0. The Morgan fingerprint density at radius 3 is 2.56 bits per heavy atom. The highest BCUT2D eigenvalue weighted by atomic mass is 16.5. The molecule has 0 heterocycles. The molecule has 0 aromatic heterocycles. The van der Waals surface area contributed by atoms with Gasteiger partial charge in [-0.1, -0.05) is 13.3 Å². The second-order valence-electron chi connectivity index (χ2n) is 6.90. The van der Waals surface area contributed by atoms with Gasteiger partial charge < -0.3 is 10.1 Å². The Balaban J connectivity index is 1.63. The zero-order valence-electron chi connectivity index (χ0n) is 12.1. The Bertz CT molecular complexity index is 281. The molecule has 0 aromatic rings. The van der Waals surface area contributed by atoms with E-state index in [4.69, 9.17) is 4.74 Å². The van der Waals surface area contributed by atoms with E-state index in [2.05, 4.69) is 12.2 Å². The molecule has 1 N–H and O–H groups in total. The third-order valence-electron chi connectivity index (χ3n) is 6.12. The maximum absolute atomic E-state index is 5.92. The summed E-state index contributed by atoms with van der Waals surface area (Å²) in [6.07, 6.45) is 11.3. The maximum Gasteiger partial charge on any atom is 0.0831 e. The van der Waals surface area contributed by atoms with E-state index in [-0.39, 0.29) is 5.60 Å². The van der Waals surface area contributed by atoms with Gasteiger partial charge in [-0.25, -0.2) is 0 Å². The van der Waals surface area contributed by atoms with Crippen molar-refractivity contribution in [2.45, 2.75) is 69.9 Å². The summed E-state index contributed by atoms with van der Waals surface area (Å²) in [6, 6.07) is 0.602. The van der Waals surface area contributed by atoms with Crippen LogP contribution < -0.4 is 5.32 Å². The lowest BCUT2D eigenvalue weighted by atomic mass is 9.70. The van der Waals surface area contributed by atoms with Crippen LogP contribution in [-0.4, -0.2) is 25.3 Å². The predicted octanol–water partition coefficient (Wildman–Crippen LogP) is 3.36. The Kier molecular flexibility index (Phi) is 3.68. The molecule has 3 fully saturated rings. The van der Waals surface area contributed by atoms with Crippen molar-refractivity contribution in [3.8, 4) is 0 Å². The van der Waals surface area contributed by atoms with Crippen LogP contribution in [0, 0.1) is 17.8 Å². The fourth-order valence-corrected chi connectivity index (χ4v) is 4.92. The quantitative estimate of drug-likeness (QED) is 0.781. The molecule has 3 saturated carbocycles. The van der Waals surface area contributed by atoms with Crippen LogP contribution in [0.4, 0.5) is 0 Å². The zero-order chi connectivity index (χ0) is 12.6. The van der Waals surface area contributed by atoms with E-state index in [9.17, 15) is 0 Å². The van der Waals surface area contributed by atoms with Gasteiger partial charge in [-0.05, 0) is 69.2 Å². The van der Waals surface area contributed by atoms with Crippen molar-refractivity contribution in [1.29, 1.82) is 0 Å². The van der Waals surface area contributed by atoms with Crippen molar-refractivity contribution in [1.82, 2.24) is 5.32 Å². The van der Waals surface area contributed by atoms with Gasteiger partial charge in [0, 0.05) is 13.2 Å². The molecule has 18 heavy (non-hydrogen) atoms. The van der Waals surface area contributed by atoms with Crippen LogP contribution in [0.15, 0.2) is 0 Å². The molecule has 2 bridgehead atoms. The monoisotopic (exact) mass is 251 g/mol. The number of methoxy groups -OCH3 is 1. The number of hydrogen-bond acceptors (Lipinski definition) is 2. The lowest BCUT2D eigenvalue weighted by molar-refractivity contribution is -0.104. The minimum atomic E-state index is 0.178. The first-order valence-electron chi connectivity index (χ1n) is 8.06. The Morgan fingerprint density at radius 2 is 2.11 bits per heavy atom. The number of likely N-dealkylation sites (N-methyl/N-ethyl adjacent to an activating group) is 1. The molecule has 3 aliphatic carbocycles. The molecule has 0 spiro atoms. The highest BCUT2D eigenvalue weighted by Gasteiger charge is 2.47. The van der Waals surface area contributed by atoms with Crippen molar-refractivity contribution in [3.63, 3.8) is 0 Å². The first-order valence-corrected chi connectivity index (χ1v) is 8.06. The van der Waals surface area contributed by atoms with E-state index in [0.717, 1.165) is 24.3 Å². The number of hydrogen-bond donors (Lipinski definition) is 1. The van der Waals surface area contributed by atoms with E-state index in [1.807, 2.05) is 7.11 Å². The number of nitrogens with one attached hydrogen (secondary N) is 1. The van der Waals surface area contributed by atoms with Crippen molar-refractivity contribution in [3.05, 3.63) is 0 Å². The first-order chi connectivity index (χ1) is 8.77. The van der Waals surface area contributed by atoms with Crippen molar-refractivity contribution < 1.29 is 4.74 Å². The van der Waals surface area contributed by atoms with Gasteiger partial charge in [-0.2, -0.15) is 0 Å². The summed E-state index contributed by atoms with van der Waals surface area (Å²) < 4.78 is 5.92. The smallest absolute Gasteiger partial charge is 0.0831 e. The number of ether oxygens (including phenoxy) is 1. The molecule has 0 saturated heterocycles. The standard InChI is InChI=1S/C16H29NO/c1-3-17-15(16(18-2)7-4-8-16)11-14-10-12-5-6-13(14)9-12/h12-15,17H,3-11H2,1-2H3. The van der Waals surface area contributed by atoms with Gasteiger partial charge in [0.2, 0.25) is 0 Å². The maximum atomic E-state index is 5.92. The number of rotatable bonds is 6. The minimum absolute atomic E-state index is 0.178. The third kappa shape index (κ3) is 2.12. The minimum Gasteiger partial charge on any atom is -0.377 e. The normalized spacial score (nSPS) is 38.7. The van der Waals surface area contributed by atoms with Crippen LogP contribution in [0.25, 0.3) is 0 Å². The van der Waals surface area contributed by atoms with E-state index < -0.39 is 0 Å². The second-order valence-corrected chi connectivity index (χ2v) is 6.90. The molecule has 4 atom stereocenters. The van der Waals surface area contributed by atoms with Crippen LogP contribution in [0.5, 0.6) is 0 Å². The summed E-state index contributed by atoms with van der Waals surface area (Å²) >= 11 is 0. The van der Waals surface area contributed by atoms with Gasteiger partial charge in [0.05, 0.1) is 5.60 Å². The van der Waals surface area contributed by atoms with Gasteiger partial charge in [-0.15, -0.1) is 0 Å².